The second kappa shape index (κ2) is 4.28. The Hall–Kier alpha value is -0.803. The third-order valence-electron chi connectivity index (χ3n) is 1.86. The molecule has 0 bridgehead atoms. The fourth-order valence-electron chi connectivity index (χ4n) is 1.05. The predicted molar refractivity (Wildman–Crippen MR) is 51.8 cm³/mol. The van der Waals surface area contributed by atoms with E-state index >= 15 is 0 Å². The molecule has 1 aromatic carbocycles. The summed E-state index contributed by atoms with van der Waals surface area (Å²) < 4.78 is 5.26. The van der Waals surface area contributed by atoms with Crippen molar-refractivity contribution in [3.63, 3.8) is 0 Å². The van der Waals surface area contributed by atoms with E-state index in [9.17, 15) is 0 Å². The van der Waals surface area contributed by atoms with Crippen LogP contribution in [-0.4, -0.2) is 21.3 Å². The van der Waals surface area contributed by atoms with Gasteiger partial charge in [0.1, 0.15) is 5.75 Å². The van der Waals surface area contributed by atoms with Crippen molar-refractivity contribution in [1.29, 1.82) is 0 Å². The Morgan fingerprint density at radius 1 is 1.33 bits per heavy atom. The minimum atomic E-state index is -1.01. The topological polar surface area (TPSA) is 29.5 Å². The van der Waals surface area contributed by atoms with Gasteiger partial charge in [-0.1, -0.05) is 12.1 Å². The van der Waals surface area contributed by atoms with Gasteiger partial charge in [-0.3, -0.25) is 0 Å². The molecular formula is C9H14O2Si. The first-order valence-corrected chi connectivity index (χ1v) is 6.47. The lowest BCUT2D eigenvalue weighted by atomic mass is 10.2. The Balaban J connectivity index is 2.58. The van der Waals surface area contributed by atoms with Gasteiger partial charge in [-0.2, -0.15) is 0 Å². The molecule has 12 heavy (non-hydrogen) atoms. The molecule has 1 unspecified atom stereocenters. The van der Waals surface area contributed by atoms with E-state index < -0.39 is 9.04 Å². The highest BCUT2D eigenvalue weighted by molar-refractivity contribution is 6.49. The number of hydrogen-bond acceptors (Lipinski definition) is 2. The first-order chi connectivity index (χ1) is 5.72. The summed E-state index contributed by atoms with van der Waals surface area (Å²) in [5.41, 5.74) is 1.24. The van der Waals surface area contributed by atoms with Crippen molar-refractivity contribution >= 4 is 9.04 Å². The van der Waals surface area contributed by atoms with Crippen LogP contribution in [0.5, 0.6) is 5.75 Å². The number of phenols is 1. The Morgan fingerprint density at radius 3 is 2.42 bits per heavy atom. The molecule has 1 rings (SSSR count). The smallest absolute Gasteiger partial charge is 0.177 e. The molecule has 0 radical (unpaired) electrons. The number of benzene rings is 1. The number of rotatable bonds is 3. The quantitative estimate of drug-likeness (QED) is 0.717. The summed E-state index contributed by atoms with van der Waals surface area (Å²) in [7, 11) is 0.756. The highest BCUT2D eigenvalue weighted by Crippen LogP contribution is 2.10. The second-order valence-electron chi connectivity index (χ2n) is 2.92. The van der Waals surface area contributed by atoms with Gasteiger partial charge in [-0.05, 0) is 30.3 Å². The van der Waals surface area contributed by atoms with Crippen LogP contribution in [0.4, 0.5) is 0 Å². The van der Waals surface area contributed by atoms with Gasteiger partial charge in [-0.25, -0.2) is 0 Å². The Morgan fingerprint density at radius 2 is 1.92 bits per heavy atom. The van der Waals surface area contributed by atoms with Gasteiger partial charge in [0, 0.05) is 7.11 Å². The van der Waals surface area contributed by atoms with Gasteiger partial charge in [-0.15, -0.1) is 0 Å². The van der Waals surface area contributed by atoms with E-state index in [1.807, 2.05) is 12.1 Å². The fourth-order valence-corrected chi connectivity index (χ4v) is 2.15. The van der Waals surface area contributed by atoms with Gasteiger partial charge in [0.05, 0.1) is 0 Å². The van der Waals surface area contributed by atoms with Crippen LogP contribution in [0, 0.1) is 0 Å². The van der Waals surface area contributed by atoms with Crippen molar-refractivity contribution in [2.45, 2.75) is 12.6 Å². The van der Waals surface area contributed by atoms with Crippen LogP contribution in [0.25, 0.3) is 0 Å². The van der Waals surface area contributed by atoms with E-state index in [1.54, 1.807) is 19.2 Å². The van der Waals surface area contributed by atoms with E-state index in [0.717, 1.165) is 6.04 Å². The normalized spacial score (nSPS) is 12.8. The first-order valence-electron chi connectivity index (χ1n) is 4.03. The molecule has 0 spiro atoms. The summed E-state index contributed by atoms with van der Waals surface area (Å²) in [5.74, 6) is 0.325. The third-order valence-corrected chi connectivity index (χ3v) is 3.71. The van der Waals surface area contributed by atoms with Crippen molar-refractivity contribution in [3.8, 4) is 5.75 Å². The van der Waals surface area contributed by atoms with Crippen LogP contribution in [0.1, 0.15) is 5.56 Å². The molecule has 0 aliphatic heterocycles. The molecule has 0 heterocycles. The monoisotopic (exact) mass is 182 g/mol. The van der Waals surface area contributed by atoms with Gasteiger partial charge in [0.15, 0.2) is 9.04 Å². The number of phenolic OH excluding ortho intramolecular Hbond substituents is 1. The zero-order valence-electron chi connectivity index (χ0n) is 7.45. The van der Waals surface area contributed by atoms with Crippen LogP contribution >= 0.6 is 0 Å². The molecule has 0 amide bonds. The standard InChI is InChI=1S/C9H14O2Si/c1-11-12(2)7-8-3-5-9(10)6-4-8/h3-6,10,12H,7H2,1-2H3. The lowest BCUT2D eigenvalue weighted by molar-refractivity contribution is 0.423. The molecule has 0 aliphatic carbocycles. The lowest BCUT2D eigenvalue weighted by Crippen LogP contribution is -2.14. The van der Waals surface area contributed by atoms with E-state index in [-0.39, 0.29) is 0 Å². The Bertz CT molecular complexity index is 233. The highest BCUT2D eigenvalue weighted by Gasteiger charge is 2.03. The molecule has 0 saturated carbocycles. The molecule has 66 valence electrons. The van der Waals surface area contributed by atoms with Gasteiger partial charge >= 0.3 is 0 Å². The average Bonchev–Trinajstić information content (AvgIpc) is 2.09. The fraction of sp³-hybridized carbons (Fsp3) is 0.333. The highest BCUT2D eigenvalue weighted by atomic mass is 28.3. The summed E-state index contributed by atoms with van der Waals surface area (Å²) in [6.07, 6.45) is 0. The molecular weight excluding hydrogens is 168 g/mol. The summed E-state index contributed by atoms with van der Waals surface area (Å²) in [5, 5.41) is 9.03. The molecule has 1 atom stereocenters. The SMILES string of the molecule is CO[SiH](C)Cc1ccc(O)cc1. The van der Waals surface area contributed by atoms with Gasteiger partial charge < -0.3 is 9.53 Å². The molecule has 0 aliphatic rings. The van der Waals surface area contributed by atoms with E-state index in [4.69, 9.17) is 9.53 Å². The van der Waals surface area contributed by atoms with Crippen LogP contribution < -0.4 is 0 Å². The van der Waals surface area contributed by atoms with Crippen molar-refractivity contribution in [2.75, 3.05) is 7.11 Å². The maximum atomic E-state index is 9.03. The molecule has 0 saturated heterocycles. The number of aromatic hydroxyl groups is 1. The van der Waals surface area contributed by atoms with Crippen LogP contribution in [-0.2, 0) is 10.5 Å². The third kappa shape index (κ3) is 2.68. The van der Waals surface area contributed by atoms with E-state index in [1.165, 1.54) is 5.56 Å². The largest absolute Gasteiger partial charge is 0.508 e. The second-order valence-corrected chi connectivity index (χ2v) is 5.42. The Kier molecular flexibility index (Phi) is 3.31. The zero-order valence-corrected chi connectivity index (χ0v) is 8.60. The van der Waals surface area contributed by atoms with Gasteiger partial charge in [0.2, 0.25) is 0 Å². The molecule has 0 aromatic heterocycles. The number of hydrogen-bond donors (Lipinski definition) is 1. The van der Waals surface area contributed by atoms with Crippen LogP contribution in [0.3, 0.4) is 0 Å². The molecule has 1 N–H and O–H groups in total. The lowest BCUT2D eigenvalue weighted by Gasteiger charge is -2.06. The van der Waals surface area contributed by atoms with Crippen molar-refractivity contribution in [3.05, 3.63) is 29.8 Å². The summed E-state index contributed by atoms with van der Waals surface area (Å²) in [6.45, 7) is 2.16. The maximum Gasteiger partial charge on any atom is 0.177 e. The zero-order chi connectivity index (χ0) is 8.97. The maximum absolute atomic E-state index is 9.03. The molecule has 0 fully saturated rings. The average molecular weight is 182 g/mol. The van der Waals surface area contributed by atoms with Gasteiger partial charge in [0.25, 0.3) is 0 Å². The summed E-state index contributed by atoms with van der Waals surface area (Å²) >= 11 is 0. The van der Waals surface area contributed by atoms with Crippen LogP contribution in [0.2, 0.25) is 6.55 Å². The molecule has 2 nitrogen and oxygen atoms in total. The minimum absolute atomic E-state index is 0.325. The molecule has 1 aromatic rings. The molecule has 3 heteroatoms. The Labute approximate surface area is 74.5 Å². The van der Waals surface area contributed by atoms with E-state index in [0.29, 0.717) is 5.75 Å². The summed E-state index contributed by atoms with van der Waals surface area (Å²) in [4.78, 5) is 0. The van der Waals surface area contributed by atoms with E-state index in [2.05, 4.69) is 6.55 Å². The van der Waals surface area contributed by atoms with Crippen molar-refractivity contribution < 1.29 is 9.53 Å². The first kappa shape index (κ1) is 9.29. The minimum Gasteiger partial charge on any atom is -0.508 e. The van der Waals surface area contributed by atoms with Crippen LogP contribution in [0.15, 0.2) is 24.3 Å². The predicted octanol–water partition coefficient (Wildman–Crippen LogP) is 1.47. The van der Waals surface area contributed by atoms with Crippen molar-refractivity contribution in [1.82, 2.24) is 0 Å². The van der Waals surface area contributed by atoms with Crippen molar-refractivity contribution in [2.24, 2.45) is 0 Å². The summed E-state index contributed by atoms with van der Waals surface area (Å²) in [6, 6.07) is 8.34.